The van der Waals surface area contributed by atoms with Crippen LogP contribution in [0.3, 0.4) is 0 Å². The molecule has 1 aliphatic heterocycles. The van der Waals surface area contributed by atoms with Crippen LogP contribution in [0, 0.1) is 17.2 Å². The molecule has 6 heteroatoms. The molecule has 3 rings (SSSR count). The molecule has 0 amide bonds. The lowest BCUT2D eigenvalue weighted by atomic mass is 10.0. The lowest BCUT2D eigenvalue weighted by molar-refractivity contribution is 0.0277. The van der Waals surface area contributed by atoms with Crippen LogP contribution in [0.4, 0.5) is 0 Å². The van der Waals surface area contributed by atoms with Crippen LogP contribution < -0.4 is 0 Å². The van der Waals surface area contributed by atoms with Crippen LogP contribution in [0.2, 0.25) is 0 Å². The second-order valence-electron chi connectivity index (χ2n) is 5.10. The van der Waals surface area contributed by atoms with Crippen LogP contribution >= 0.6 is 0 Å². The normalized spacial score (nSPS) is 18.6. The zero-order valence-electron chi connectivity index (χ0n) is 11.9. The highest BCUT2D eigenvalue weighted by molar-refractivity contribution is 5.89. The lowest BCUT2D eigenvalue weighted by Gasteiger charge is -2.15. The van der Waals surface area contributed by atoms with E-state index >= 15 is 0 Å². The highest BCUT2D eigenvalue weighted by atomic mass is 16.5. The van der Waals surface area contributed by atoms with Gasteiger partial charge in [-0.3, -0.25) is 0 Å². The van der Waals surface area contributed by atoms with E-state index in [9.17, 15) is 4.79 Å². The first-order valence-corrected chi connectivity index (χ1v) is 7.04. The maximum atomic E-state index is 12.1. The fraction of sp³-hybridized carbons (Fsp3) is 0.312. The molecular formula is C16H15N3O3. The number of rotatable bonds is 4. The predicted octanol–water partition coefficient (Wildman–Crippen LogP) is 1.96. The maximum absolute atomic E-state index is 12.1. The molecule has 0 radical (unpaired) electrons. The Kier molecular flexibility index (Phi) is 4.17. The number of benzene rings is 1. The van der Waals surface area contributed by atoms with E-state index in [1.165, 1.54) is 0 Å². The van der Waals surface area contributed by atoms with Gasteiger partial charge in [-0.05, 0) is 30.7 Å². The summed E-state index contributed by atoms with van der Waals surface area (Å²) < 4.78 is 12.4. The largest absolute Gasteiger partial charge is 0.443 e. The van der Waals surface area contributed by atoms with Crippen LogP contribution in [-0.4, -0.2) is 34.8 Å². The second kappa shape index (κ2) is 6.41. The Morgan fingerprint density at radius 1 is 1.45 bits per heavy atom. The summed E-state index contributed by atoms with van der Waals surface area (Å²) in [6.45, 7) is 1.07. The van der Waals surface area contributed by atoms with E-state index in [1.54, 1.807) is 36.8 Å². The van der Waals surface area contributed by atoms with E-state index in [0.29, 0.717) is 18.8 Å². The Balaban J connectivity index is 1.68. The summed E-state index contributed by atoms with van der Waals surface area (Å²) in [7, 11) is 0. The fourth-order valence-electron chi connectivity index (χ4n) is 2.38. The number of ether oxygens (including phenoxy) is 2. The van der Waals surface area contributed by atoms with Gasteiger partial charge in [0.1, 0.15) is 6.07 Å². The van der Waals surface area contributed by atoms with E-state index in [1.807, 2.05) is 16.8 Å². The summed E-state index contributed by atoms with van der Waals surface area (Å²) in [5.74, 6) is -0.533. The molecule has 2 atom stereocenters. The van der Waals surface area contributed by atoms with Gasteiger partial charge in [0, 0.05) is 30.6 Å². The van der Waals surface area contributed by atoms with E-state index in [0.717, 1.165) is 12.1 Å². The molecule has 0 aliphatic carbocycles. The first kappa shape index (κ1) is 14.3. The van der Waals surface area contributed by atoms with Gasteiger partial charge in [0.2, 0.25) is 0 Å². The van der Waals surface area contributed by atoms with E-state index < -0.39 is 12.1 Å². The van der Waals surface area contributed by atoms with Crippen LogP contribution in [0.15, 0.2) is 43.0 Å². The minimum absolute atomic E-state index is 0.0424. The van der Waals surface area contributed by atoms with Gasteiger partial charge in [-0.25, -0.2) is 9.78 Å². The van der Waals surface area contributed by atoms with Crippen LogP contribution in [-0.2, 0) is 9.47 Å². The first-order chi connectivity index (χ1) is 10.8. The molecule has 0 saturated carbocycles. The highest BCUT2D eigenvalue weighted by Gasteiger charge is 2.29. The minimum atomic E-state index is -0.761. The lowest BCUT2D eigenvalue weighted by Crippen LogP contribution is -2.26. The standard InChI is InChI=1S/C16H15N3O3/c17-9-15(13-5-8-21-10-13)22-16(20)12-1-3-14(4-2-12)19-7-6-18-11-19/h1-4,6-7,11,13,15H,5,8,10H2/t13-,15-/m0/s1. The number of nitriles is 1. The van der Waals surface area contributed by atoms with E-state index in [4.69, 9.17) is 14.7 Å². The van der Waals surface area contributed by atoms with Gasteiger partial charge in [0.15, 0.2) is 6.10 Å². The van der Waals surface area contributed by atoms with E-state index in [2.05, 4.69) is 4.98 Å². The van der Waals surface area contributed by atoms with Gasteiger partial charge < -0.3 is 14.0 Å². The third-order valence-corrected chi connectivity index (χ3v) is 3.66. The Morgan fingerprint density at radius 2 is 2.27 bits per heavy atom. The molecule has 22 heavy (non-hydrogen) atoms. The molecule has 2 aromatic rings. The molecule has 0 bridgehead atoms. The molecule has 0 unspecified atom stereocenters. The Morgan fingerprint density at radius 3 is 2.86 bits per heavy atom. The van der Waals surface area contributed by atoms with Gasteiger partial charge in [0.05, 0.1) is 18.5 Å². The number of carbonyl (C=O) groups excluding carboxylic acids is 1. The molecule has 1 aromatic heterocycles. The SMILES string of the molecule is N#C[C@H](OC(=O)c1ccc(-n2ccnc2)cc1)[C@H]1CCOC1. The van der Waals surface area contributed by atoms with Crippen molar-refractivity contribution < 1.29 is 14.3 Å². The van der Waals surface area contributed by atoms with Crippen molar-refractivity contribution in [1.29, 1.82) is 5.26 Å². The molecule has 112 valence electrons. The van der Waals surface area contributed by atoms with Crippen molar-refractivity contribution in [3.8, 4) is 11.8 Å². The van der Waals surface area contributed by atoms with Crippen LogP contribution in [0.5, 0.6) is 0 Å². The Hall–Kier alpha value is -2.65. The number of hydrogen-bond donors (Lipinski definition) is 0. The summed E-state index contributed by atoms with van der Waals surface area (Å²) in [4.78, 5) is 16.1. The average Bonchev–Trinajstić information content (AvgIpc) is 3.25. The predicted molar refractivity (Wildman–Crippen MR) is 77.3 cm³/mol. The number of hydrogen-bond acceptors (Lipinski definition) is 5. The van der Waals surface area contributed by atoms with Crippen molar-refractivity contribution in [3.63, 3.8) is 0 Å². The number of esters is 1. The molecule has 1 saturated heterocycles. The van der Waals surface area contributed by atoms with Crippen LogP contribution in [0.25, 0.3) is 5.69 Å². The smallest absolute Gasteiger partial charge is 0.339 e. The van der Waals surface area contributed by atoms with Gasteiger partial charge in [-0.2, -0.15) is 5.26 Å². The molecular weight excluding hydrogens is 282 g/mol. The van der Waals surface area contributed by atoms with Crippen molar-refractivity contribution in [3.05, 3.63) is 48.5 Å². The third-order valence-electron chi connectivity index (χ3n) is 3.66. The number of aromatic nitrogens is 2. The van der Waals surface area contributed by atoms with Gasteiger partial charge in [0.25, 0.3) is 0 Å². The fourth-order valence-corrected chi connectivity index (χ4v) is 2.38. The molecule has 6 nitrogen and oxygen atoms in total. The van der Waals surface area contributed by atoms with Crippen molar-refractivity contribution in [2.24, 2.45) is 5.92 Å². The first-order valence-electron chi connectivity index (χ1n) is 7.04. The molecule has 0 N–H and O–H groups in total. The summed E-state index contributed by atoms with van der Waals surface area (Å²) in [5.41, 5.74) is 1.32. The topological polar surface area (TPSA) is 77.1 Å². The monoisotopic (exact) mass is 297 g/mol. The average molecular weight is 297 g/mol. The quantitative estimate of drug-likeness (QED) is 0.806. The summed E-state index contributed by atoms with van der Waals surface area (Å²) in [6, 6.07) is 9.01. The Labute approximate surface area is 127 Å². The third kappa shape index (κ3) is 3.00. The molecule has 1 fully saturated rings. The Bertz CT molecular complexity index is 668. The van der Waals surface area contributed by atoms with Gasteiger partial charge in [-0.15, -0.1) is 0 Å². The van der Waals surface area contributed by atoms with Gasteiger partial charge >= 0.3 is 5.97 Å². The molecule has 2 heterocycles. The number of nitrogens with zero attached hydrogens (tertiary/aromatic N) is 3. The summed E-state index contributed by atoms with van der Waals surface area (Å²) in [6.07, 6.45) is 5.16. The molecule has 1 aliphatic rings. The number of carbonyl (C=O) groups is 1. The summed E-state index contributed by atoms with van der Waals surface area (Å²) >= 11 is 0. The van der Waals surface area contributed by atoms with Crippen molar-refractivity contribution in [2.45, 2.75) is 12.5 Å². The number of imidazole rings is 1. The van der Waals surface area contributed by atoms with E-state index in [-0.39, 0.29) is 5.92 Å². The minimum Gasteiger partial charge on any atom is -0.443 e. The van der Waals surface area contributed by atoms with Crippen molar-refractivity contribution >= 4 is 5.97 Å². The zero-order valence-corrected chi connectivity index (χ0v) is 11.9. The second-order valence-corrected chi connectivity index (χ2v) is 5.10. The molecule has 1 aromatic carbocycles. The maximum Gasteiger partial charge on any atom is 0.339 e. The van der Waals surface area contributed by atoms with Crippen molar-refractivity contribution in [2.75, 3.05) is 13.2 Å². The highest BCUT2D eigenvalue weighted by Crippen LogP contribution is 2.20. The zero-order chi connectivity index (χ0) is 15.4. The summed E-state index contributed by atoms with van der Waals surface area (Å²) in [5, 5.41) is 9.16. The van der Waals surface area contributed by atoms with Crippen LogP contribution in [0.1, 0.15) is 16.8 Å². The van der Waals surface area contributed by atoms with Crippen molar-refractivity contribution in [1.82, 2.24) is 9.55 Å². The van der Waals surface area contributed by atoms with Gasteiger partial charge in [-0.1, -0.05) is 0 Å². The molecule has 0 spiro atoms.